The minimum absolute atomic E-state index is 0. The summed E-state index contributed by atoms with van der Waals surface area (Å²) in [4.78, 5) is 14.6. The van der Waals surface area contributed by atoms with Crippen LogP contribution in [0, 0.1) is 0 Å². The lowest BCUT2D eigenvalue weighted by Gasteiger charge is -2.48. The number of ether oxygens (including phenoxy) is 1. The van der Waals surface area contributed by atoms with Crippen LogP contribution in [0.5, 0.6) is 5.75 Å². The Bertz CT molecular complexity index is 656. The van der Waals surface area contributed by atoms with E-state index in [2.05, 4.69) is 48.1 Å². The van der Waals surface area contributed by atoms with Crippen LogP contribution in [0.15, 0.2) is 29.3 Å². The molecule has 2 bridgehead atoms. The zero-order chi connectivity index (χ0) is 18.6. The van der Waals surface area contributed by atoms with E-state index >= 15 is 0 Å². The Morgan fingerprint density at radius 2 is 1.86 bits per heavy atom. The van der Waals surface area contributed by atoms with Gasteiger partial charge in [0.05, 0.1) is 7.11 Å². The maximum atomic E-state index is 5.36. The summed E-state index contributed by atoms with van der Waals surface area (Å²) in [7, 11) is 3.62. The summed E-state index contributed by atoms with van der Waals surface area (Å²) < 4.78 is 5.36. The molecule has 0 aromatic heterocycles. The molecule has 8 heteroatoms. The molecule has 156 valence electrons. The van der Waals surface area contributed by atoms with Crippen molar-refractivity contribution in [2.45, 2.75) is 6.04 Å². The molecule has 0 radical (unpaired) electrons. The number of aliphatic imine (C=N–C) groups is 1. The molecule has 4 saturated heterocycles. The summed E-state index contributed by atoms with van der Waals surface area (Å²) in [5.41, 5.74) is 1.23. The maximum absolute atomic E-state index is 5.36. The predicted octanol–water partition coefficient (Wildman–Crippen LogP) is 1.01. The molecule has 0 saturated carbocycles. The molecule has 4 heterocycles. The molecule has 4 aliphatic heterocycles. The van der Waals surface area contributed by atoms with Gasteiger partial charge in [0.2, 0.25) is 0 Å². The number of benzene rings is 1. The van der Waals surface area contributed by atoms with Crippen molar-refractivity contribution >= 4 is 35.6 Å². The average molecular weight is 500 g/mol. The van der Waals surface area contributed by atoms with Crippen LogP contribution < -0.4 is 15.0 Å². The molecule has 1 unspecified atom stereocenters. The summed E-state index contributed by atoms with van der Waals surface area (Å²) in [6.45, 7) is 11.0. The van der Waals surface area contributed by atoms with Gasteiger partial charge in [-0.15, -0.1) is 24.0 Å². The van der Waals surface area contributed by atoms with Gasteiger partial charge in [-0.25, -0.2) is 0 Å². The molecule has 0 spiro atoms. The molecule has 4 fully saturated rings. The molecule has 5 rings (SSSR count). The number of hydrogen-bond donors (Lipinski definition) is 1. The van der Waals surface area contributed by atoms with E-state index in [1.165, 1.54) is 38.4 Å². The fourth-order valence-electron chi connectivity index (χ4n) is 4.44. The van der Waals surface area contributed by atoms with Gasteiger partial charge >= 0.3 is 0 Å². The number of guanidine groups is 1. The van der Waals surface area contributed by atoms with Crippen LogP contribution in [0.3, 0.4) is 0 Å². The smallest absolute Gasteiger partial charge is 0.193 e. The average Bonchev–Trinajstić information content (AvgIpc) is 2.75. The second kappa shape index (κ2) is 9.98. The first kappa shape index (κ1) is 21.4. The number of anilines is 1. The normalized spacial score (nSPS) is 27.4. The zero-order valence-electron chi connectivity index (χ0n) is 17.0. The third-order valence-corrected chi connectivity index (χ3v) is 6.10. The lowest BCUT2D eigenvalue weighted by molar-refractivity contribution is 0.0152. The lowest BCUT2D eigenvalue weighted by atomic mass is 10.1. The van der Waals surface area contributed by atoms with E-state index < -0.39 is 0 Å². The summed E-state index contributed by atoms with van der Waals surface area (Å²) in [5.74, 6) is 1.96. The molecule has 1 atom stereocenters. The largest absolute Gasteiger partial charge is 0.497 e. The fraction of sp³-hybridized carbons (Fsp3) is 0.650. The predicted molar refractivity (Wildman–Crippen MR) is 125 cm³/mol. The highest BCUT2D eigenvalue weighted by molar-refractivity contribution is 14.0. The minimum Gasteiger partial charge on any atom is -0.497 e. The van der Waals surface area contributed by atoms with Gasteiger partial charge < -0.3 is 19.9 Å². The number of nitrogens with zero attached hydrogens (tertiary/aromatic N) is 5. The van der Waals surface area contributed by atoms with E-state index in [4.69, 9.17) is 4.74 Å². The van der Waals surface area contributed by atoms with Gasteiger partial charge in [0.25, 0.3) is 0 Å². The van der Waals surface area contributed by atoms with Crippen LogP contribution in [0.25, 0.3) is 0 Å². The molecule has 1 aromatic carbocycles. The van der Waals surface area contributed by atoms with Gasteiger partial charge in [-0.2, -0.15) is 0 Å². The first-order valence-electron chi connectivity index (χ1n) is 10.1. The Kier molecular flexibility index (Phi) is 7.64. The fourth-order valence-corrected chi connectivity index (χ4v) is 4.44. The van der Waals surface area contributed by atoms with Crippen molar-refractivity contribution < 1.29 is 4.74 Å². The minimum atomic E-state index is 0. The number of fused-ring (bicyclic) bond motifs is 3. The molecule has 1 N–H and O–H groups in total. The van der Waals surface area contributed by atoms with Crippen molar-refractivity contribution in [3.05, 3.63) is 24.3 Å². The number of rotatable bonds is 4. The molecular weight excluding hydrogens is 467 g/mol. The van der Waals surface area contributed by atoms with E-state index in [9.17, 15) is 0 Å². The molecule has 4 aliphatic rings. The Balaban J connectivity index is 0.00000225. The zero-order valence-corrected chi connectivity index (χ0v) is 19.3. The highest BCUT2D eigenvalue weighted by Gasteiger charge is 2.32. The van der Waals surface area contributed by atoms with Crippen LogP contribution in [0.2, 0.25) is 0 Å². The second-order valence-corrected chi connectivity index (χ2v) is 7.59. The monoisotopic (exact) mass is 500 g/mol. The third kappa shape index (κ3) is 4.83. The van der Waals surface area contributed by atoms with E-state index in [1.54, 1.807) is 7.11 Å². The van der Waals surface area contributed by atoms with Gasteiger partial charge in [-0.3, -0.25) is 14.8 Å². The van der Waals surface area contributed by atoms with Gasteiger partial charge in [0.15, 0.2) is 5.96 Å². The van der Waals surface area contributed by atoms with E-state index in [0.29, 0.717) is 6.04 Å². The summed E-state index contributed by atoms with van der Waals surface area (Å²) in [6, 6.07) is 8.94. The Morgan fingerprint density at radius 1 is 1.11 bits per heavy atom. The number of methoxy groups -OCH3 is 1. The maximum Gasteiger partial charge on any atom is 0.193 e. The van der Waals surface area contributed by atoms with Crippen molar-refractivity contribution in [1.82, 2.24) is 20.0 Å². The second-order valence-electron chi connectivity index (χ2n) is 7.59. The highest BCUT2D eigenvalue weighted by Crippen LogP contribution is 2.22. The first-order chi connectivity index (χ1) is 13.3. The number of nitrogens with one attached hydrogen (secondary N) is 1. The Hall–Kier alpha value is -1.26. The van der Waals surface area contributed by atoms with Crippen molar-refractivity contribution in [1.29, 1.82) is 0 Å². The topological polar surface area (TPSA) is 46.6 Å². The van der Waals surface area contributed by atoms with Crippen molar-refractivity contribution in [3.63, 3.8) is 0 Å². The molecule has 28 heavy (non-hydrogen) atoms. The standard InChI is InChI=1S/C20H32N6O.HI/c1-21-20(22-15-18-16-23-6-8-25(18)9-7-23)26-12-10-24(11-13-26)17-4-3-5-19(14-17)27-2;/h3-5,14,18H,6-13,15-16H2,1-2H3,(H,21,22);1H. The SMILES string of the molecule is CN=C(NCC1CN2CCN1CC2)N1CCN(c2cccc(OC)c2)CC1.I. The molecule has 1 aromatic rings. The summed E-state index contributed by atoms with van der Waals surface area (Å²) in [6.07, 6.45) is 0. The number of piperazine rings is 4. The third-order valence-electron chi connectivity index (χ3n) is 6.10. The van der Waals surface area contributed by atoms with Gasteiger partial charge in [-0.1, -0.05) is 6.07 Å². The molecule has 0 amide bonds. The Morgan fingerprint density at radius 3 is 2.46 bits per heavy atom. The summed E-state index contributed by atoms with van der Waals surface area (Å²) in [5, 5.41) is 3.64. The van der Waals surface area contributed by atoms with Crippen LogP contribution in [-0.2, 0) is 0 Å². The molecule has 0 aliphatic carbocycles. The van der Waals surface area contributed by atoms with Crippen molar-refractivity contribution in [2.75, 3.05) is 84.5 Å². The van der Waals surface area contributed by atoms with E-state index in [0.717, 1.165) is 44.4 Å². The van der Waals surface area contributed by atoms with Gasteiger partial charge in [0, 0.05) is 90.3 Å². The highest BCUT2D eigenvalue weighted by atomic mass is 127. The van der Waals surface area contributed by atoms with Gasteiger partial charge in [-0.05, 0) is 12.1 Å². The van der Waals surface area contributed by atoms with Crippen LogP contribution >= 0.6 is 24.0 Å². The van der Waals surface area contributed by atoms with E-state index in [-0.39, 0.29) is 24.0 Å². The lowest BCUT2D eigenvalue weighted by Crippen LogP contribution is -2.64. The van der Waals surface area contributed by atoms with Crippen LogP contribution in [0.1, 0.15) is 0 Å². The van der Waals surface area contributed by atoms with Gasteiger partial charge in [0.1, 0.15) is 5.75 Å². The summed E-state index contributed by atoms with van der Waals surface area (Å²) >= 11 is 0. The van der Waals surface area contributed by atoms with Crippen molar-refractivity contribution in [3.8, 4) is 5.75 Å². The molecular formula is C20H33IN6O. The van der Waals surface area contributed by atoms with Crippen molar-refractivity contribution in [2.24, 2.45) is 4.99 Å². The van der Waals surface area contributed by atoms with E-state index in [1.807, 2.05) is 13.1 Å². The molecule has 7 nitrogen and oxygen atoms in total. The first-order valence-corrected chi connectivity index (χ1v) is 10.1. The number of halogens is 1. The van der Waals surface area contributed by atoms with Crippen LogP contribution in [-0.4, -0.2) is 106 Å². The van der Waals surface area contributed by atoms with Crippen LogP contribution in [0.4, 0.5) is 5.69 Å². The number of hydrogen-bond acceptors (Lipinski definition) is 5. The quantitative estimate of drug-likeness (QED) is 0.379. The Labute approximate surface area is 185 Å².